The number of carboxylic acid groups (broad SMARTS) is 2. The second kappa shape index (κ2) is 20.6. The van der Waals surface area contributed by atoms with E-state index in [-0.39, 0.29) is 77.1 Å². The van der Waals surface area contributed by atoms with E-state index in [4.69, 9.17) is 53.6 Å². The molecule has 288 valence electrons. The Bertz CT molecular complexity index is 2620. The molecule has 0 aliphatic rings. The summed E-state index contributed by atoms with van der Waals surface area (Å²) in [4.78, 5) is 41.2. The van der Waals surface area contributed by atoms with E-state index in [1.807, 2.05) is 24.3 Å². The number of ether oxygens (including phenoxy) is 1. The molecule has 0 saturated heterocycles. The average molecular weight is 875 g/mol. The Kier molecular flexibility index (Phi) is 16.4. The van der Waals surface area contributed by atoms with Crippen LogP contribution in [-0.2, 0) is 9.59 Å². The van der Waals surface area contributed by atoms with Gasteiger partial charge in [-0.25, -0.2) is 0 Å². The third kappa shape index (κ3) is 10.6. The van der Waals surface area contributed by atoms with Crippen LogP contribution >= 0.6 is 48.9 Å². The first-order chi connectivity index (χ1) is 26.8. The van der Waals surface area contributed by atoms with Crippen molar-refractivity contribution in [2.75, 3.05) is 41.3 Å². The van der Waals surface area contributed by atoms with Gasteiger partial charge in [0.1, 0.15) is 5.75 Å². The van der Waals surface area contributed by atoms with Crippen LogP contribution in [0.2, 0.25) is 0 Å². The van der Waals surface area contributed by atoms with Gasteiger partial charge in [-0.3, -0.25) is 34.3 Å². The van der Waals surface area contributed by atoms with Gasteiger partial charge in [0.25, 0.3) is 5.91 Å². The van der Waals surface area contributed by atoms with E-state index in [0.717, 1.165) is 5.69 Å². The Labute approximate surface area is 395 Å². The number of aliphatic carboxylic acids is 2. The summed E-state index contributed by atoms with van der Waals surface area (Å²) in [6.45, 7) is 0.0290. The van der Waals surface area contributed by atoms with E-state index in [9.17, 15) is 24.6 Å². The molecule has 0 aliphatic carbocycles. The van der Waals surface area contributed by atoms with E-state index in [2.05, 4.69) is 31.0 Å². The summed E-state index contributed by atoms with van der Waals surface area (Å²) in [6.07, 6.45) is 0. The number of aromatic amines is 4. The minimum Gasteiger partial charge on any atom is -0.548 e. The number of benzene rings is 4. The van der Waals surface area contributed by atoms with Gasteiger partial charge in [-0.2, -0.15) is 0 Å². The minimum atomic E-state index is -1.77. The van der Waals surface area contributed by atoms with Crippen LogP contribution in [0.1, 0.15) is 10.4 Å². The number of nitrogens with zero attached hydrogens (tertiary/aromatic N) is 4. The monoisotopic (exact) mass is 874 g/mol. The van der Waals surface area contributed by atoms with E-state index < -0.39 is 29.9 Å². The summed E-state index contributed by atoms with van der Waals surface area (Å²) in [7, 11) is 2.82. The van der Waals surface area contributed by atoms with Crippen molar-refractivity contribution in [3.63, 3.8) is 0 Å². The molecule has 16 nitrogen and oxygen atoms in total. The number of carbonyl (C=O) groups excluding carboxylic acids is 3. The SMILES string of the molecule is CN(c1cccc(OCNc2cccc(-n3c(=S)[nH][nH]c3=S)c2)c1)C(C(=O)[O-])C(C(=O)[O-])N(C)c1cccc(C(=O)Nc2cccc(-n3c(=S)[nH][nH]c3=S)c2)c1.[Na+].[Na+]. The molecule has 4 aromatic carbocycles. The quantitative estimate of drug-likeness (QED) is 0.0376. The van der Waals surface area contributed by atoms with Crippen molar-refractivity contribution in [2.24, 2.45) is 0 Å². The van der Waals surface area contributed by atoms with Crippen LogP contribution in [0, 0.1) is 19.1 Å². The molecule has 6 rings (SSSR count). The second-order valence-corrected chi connectivity index (χ2v) is 13.8. The van der Waals surface area contributed by atoms with Gasteiger partial charge in [0.15, 0.2) is 25.8 Å². The third-order valence-electron chi connectivity index (χ3n) is 8.70. The number of aromatic nitrogens is 6. The van der Waals surface area contributed by atoms with Crippen LogP contribution in [-0.4, -0.2) is 80.3 Å². The number of rotatable bonds is 15. The molecular weight excluding hydrogens is 843 g/mol. The number of likely N-dealkylation sites (N-methyl/N-ethyl adjacent to an activating group) is 2. The van der Waals surface area contributed by atoms with Crippen molar-refractivity contribution >= 4 is 89.5 Å². The molecule has 2 aromatic heterocycles. The van der Waals surface area contributed by atoms with Crippen molar-refractivity contribution in [1.29, 1.82) is 0 Å². The van der Waals surface area contributed by atoms with Crippen LogP contribution in [0.25, 0.3) is 11.4 Å². The number of hydrogen-bond acceptors (Lipinski definition) is 13. The van der Waals surface area contributed by atoms with Gasteiger partial charge in [0, 0.05) is 48.5 Å². The zero-order valence-corrected chi connectivity index (χ0v) is 38.7. The maximum atomic E-state index is 13.4. The van der Waals surface area contributed by atoms with E-state index in [0.29, 0.717) is 47.6 Å². The zero-order chi connectivity index (χ0) is 40.1. The predicted molar refractivity (Wildman–Crippen MR) is 217 cm³/mol. The summed E-state index contributed by atoms with van der Waals surface area (Å²) >= 11 is 21.2. The van der Waals surface area contributed by atoms with E-state index >= 15 is 0 Å². The summed E-state index contributed by atoms with van der Waals surface area (Å²) in [6, 6.07) is 23.2. The van der Waals surface area contributed by atoms with Crippen molar-refractivity contribution in [3.8, 4) is 17.1 Å². The van der Waals surface area contributed by atoms with Crippen LogP contribution in [0.15, 0.2) is 97.1 Å². The maximum absolute atomic E-state index is 13.4. The molecule has 0 fully saturated rings. The topological polar surface area (TPSA) is 210 Å². The largest absolute Gasteiger partial charge is 1.00 e. The van der Waals surface area contributed by atoms with Crippen molar-refractivity contribution in [2.45, 2.75) is 12.1 Å². The third-order valence-corrected chi connectivity index (χ3v) is 9.84. The molecule has 22 heteroatoms. The fourth-order valence-electron chi connectivity index (χ4n) is 5.95. The Morgan fingerprint density at radius 3 is 1.62 bits per heavy atom. The van der Waals surface area contributed by atoms with Gasteiger partial charge in [-0.1, -0.05) is 24.3 Å². The summed E-state index contributed by atoms with van der Waals surface area (Å²) in [5.41, 5.74) is 3.23. The number of carbonyl (C=O) groups is 3. The molecule has 0 radical (unpaired) electrons. The summed E-state index contributed by atoms with van der Waals surface area (Å²) in [5.74, 6) is -3.48. The molecule has 0 saturated carbocycles. The van der Waals surface area contributed by atoms with Crippen LogP contribution in [0.3, 0.4) is 0 Å². The van der Waals surface area contributed by atoms with Gasteiger partial charge in [-0.15, -0.1) is 0 Å². The molecule has 2 heterocycles. The first-order valence-corrected chi connectivity index (χ1v) is 18.2. The first-order valence-electron chi connectivity index (χ1n) is 16.6. The number of H-pyrrole nitrogens is 4. The number of nitrogens with one attached hydrogen (secondary N) is 6. The van der Waals surface area contributed by atoms with E-state index in [1.54, 1.807) is 69.8 Å². The number of carboxylic acids is 2. The van der Waals surface area contributed by atoms with Crippen molar-refractivity contribution in [3.05, 3.63) is 122 Å². The molecule has 0 bridgehead atoms. The zero-order valence-electron chi connectivity index (χ0n) is 31.5. The Balaban J connectivity index is 0.00000372. The smallest absolute Gasteiger partial charge is 0.548 e. The van der Waals surface area contributed by atoms with Crippen molar-refractivity contribution < 1.29 is 88.4 Å². The minimum absolute atomic E-state index is 0. The number of anilines is 4. The van der Waals surface area contributed by atoms with Gasteiger partial charge in [0.2, 0.25) is 0 Å². The Morgan fingerprint density at radius 2 is 1.10 bits per heavy atom. The standard InChI is InChI=1S/C36H34N10O6S4.2Na/c1-43(23-10-3-7-20(15-23)30(47)38-22-9-5-13-26(17-22)46-35(55)41-42-36(46)56)28(31(48)49)29(32(50)51)44(2)24-11-6-14-27(18-24)52-19-37-21-8-4-12-25(16-21)45-33(53)39-40-34(45)54;;/h3-18,28-29,37H,19H2,1-2H3,(H,38,47)(H,39,53)(H,40,54)(H,41,55)(H,42,56)(H,48,49)(H,50,51);;/q;2*+1/p-2. The molecular formula is C36H32N10Na2O6S4. The normalized spacial score (nSPS) is 11.6. The van der Waals surface area contributed by atoms with Gasteiger partial charge in [-0.05, 0) is 116 Å². The first kappa shape index (κ1) is 46.3. The molecule has 58 heavy (non-hydrogen) atoms. The maximum Gasteiger partial charge on any atom is 1.00 e. The van der Waals surface area contributed by atoms with Crippen LogP contribution < -0.4 is 94.5 Å². The molecule has 0 aliphatic heterocycles. The second-order valence-electron chi connectivity index (χ2n) is 12.2. The molecule has 0 spiro atoms. The molecule has 6 N–H and O–H groups in total. The summed E-state index contributed by atoms with van der Waals surface area (Å²) < 4.78 is 10.7. The van der Waals surface area contributed by atoms with Gasteiger partial charge < -0.3 is 45.0 Å². The van der Waals surface area contributed by atoms with Gasteiger partial charge in [0.05, 0.1) is 35.4 Å². The Hall–Kier alpha value is -4.35. The number of amides is 1. The van der Waals surface area contributed by atoms with E-state index in [1.165, 1.54) is 36.0 Å². The molecule has 2 unspecified atom stereocenters. The molecule has 6 aromatic rings. The predicted octanol–water partition coefficient (Wildman–Crippen LogP) is -1.98. The fourth-order valence-corrected chi connectivity index (χ4v) is 7.06. The van der Waals surface area contributed by atoms with Crippen LogP contribution in [0.5, 0.6) is 5.75 Å². The fraction of sp³-hybridized carbons (Fsp3) is 0.139. The summed E-state index contributed by atoms with van der Waals surface area (Å²) in [5, 5.41) is 42.5. The molecule has 2 atom stereocenters. The Morgan fingerprint density at radius 1 is 0.655 bits per heavy atom. The number of hydrogen-bond donors (Lipinski definition) is 6. The van der Waals surface area contributed by atoms with Gasteiger partial charge >= 0.3 is 59.1 Å². The van der Waals surface area contributed by atoms with Crippen molar-refractivity contribution in [1.82, 2.24) is 29.5 Å². The average Bonchev–Trinajstić information content (AvgIpc) is 3.71. The van der Waals surface area contributed by atoms with Crippen LogP contribution in [0.4, 0.5) is 22.7 Å². The molecule has 1 amide bonds.